The van der Waals surface area contributed by atoms with Gasteiger partial charge in [0.1, 0.15) is 5.69 Å². The molecule has 1 amide bonds. The Labute approximate surface area is 103 Å². The van der Waals surface area contributed by atoms with Gasteiger partial charge < -0.3 is 9.84 Å². The average molecular weight is 244 g/mol. The summed E-state index contributed by atoms with van der Waals surface area (Å²) in [6.07, 6.45) is 5.44. The second-order valence-corrected chi connectivity index (χ2v) is 4.33. The Morgan fingerprint density at radius 1 is 1.50 bits per heavy atom. The highest BCUT2D eigenvalue weighted by molar-refractivity contribution is 5.98. The molecule has 6 nitrogen and oxygen atoms in total. The Hall–Kier alpha value is -2.24. The van der Waals surface area contributed by atoms with E-state index in [9.17, 15) is 4.79 Å². The smallest absolute Gasteiger partial charge is 0.270 e. The first-order valence-electron chi connectivity index (χ1n) is 5.85. The van der Waals surface area contributed by atoms with E-state index in [0.29, 0.717) is 29.5 Å². The molecule has 0 spiro atoms. The van der Waals surface area contributed by atoms with E-state index in [1.165, 1.54) is 19.0 Å². The molecule has 3 rings (SSSR count). The second kappa shape index (κ2) is 4.56. The van der Waals surface area contributed by atoms with Gasteiger partial charge in [-0.15, -0.1) is 5.10 Å². The van der Waals surface area contributed by atoms with E-state index in [2.05, 4.69) is 20.7 Å². The molecule has 0 bridgehead atoms. The number of aromatic nitrogens is 3. The maximum absolute atomic E-state index is 12.0. The van der Waals surface area contributed by atoms with Gasteiger partial charge in [0.05, 0.1) is 11.8 Å². The van der Waals surface area contributed by atoms with E-state index in [-0.39, 0.29) is 5.91 Å². The van der Waals surface area contributed by atoms with Gasteiger partial charge in [-0.25, -0.2) is 0 Å². The molecule has 1 aliphatic rings. The zero-order valence-electron chi connectivity index (χ0n) is 9.67. The van der Waals surface area contributed by atoms with Gasteiger partial charge in [-0.2, -0.15) is 0 Å². The summed E-state index contributed by atoms with van der Waals surface area (Å²) in [5.41, 5.74) is 0.951. The first-order chi connectivity index (χ1) is 8.84. The minimum absolute atomic E-state index is 0.186. The second-order valence-electron chi connectivity index (χ2n) is 4.33. The number of hydrogen-bond donors (Lipinski definition) is 1. The fraction of sp³-hybridized carbons (Fsp3) is 0.333. The molecule has 0 atom stereocenters. The van der Waals surface area contributed by atoms with Crippen molar-refractivity contribution < 1.29 is 9.32 Å². The molecule has 0 aliphatic heterocycles. The molecular weight excluding hydrogens is 232 g/mol. The minimum atomic E-state index is -0.186. The standard InChI is InChI=1S/C12H12N4O2/c17-12(14-6-8-3-4-8)11-9(2-1-5-13-11)10-7-15-16-18-10/h1-2,5,7-8H,3-4,6H2,(H,14,17). The van der Waals surface area contributed by atoms with Crippen LogP contribution in [0.1, 0.15) is 23.3 Å². The minimum Gasteiger partial charge on any atom is -0.350 e. The molecule has 2 aromatic rings. The predicted octanol–water partition coefficient (Wildman–Crippen LogP) is 1.27. The third-order valence-corrected chi connectivity index (χ3v) is 2.90. The van der Waals surface area contributed by atoms with Crippen molar-refractivity contribution in [3.8, 4) is 11.3 Å². The van der Waals surface area contributed by atoms with Crippen molar-refractivity contribution in [3.63, 3.8) is 0 Å². The van der Waals surface area contributed by atoms with Crippen LogP contribution in [-0.4, -0.2) is 27.8 Å². The zero-order valence-corrected chi connectivity index (χ0v) is 9.67. The lowest BCUT2D eigenvalue weighted by Crippen LogP contribution is -2.26. The van der Waals surface area contributed by atoms with E-state index in [0.717, 1.165) is 0 Å². The van der Waals surface area contributed by atoms with Crippen LogP contribution in [0.4, 0.5) is 0 Å². The number of hydrogen-bond acceptors (Lipinski definition) is 5. The lowest BCUT2D eigenvalue weighted by Gasteiger charge is -2.06. The summed E-state index contributed by atoms with van der Waals surface area (Å²) >= 11 is 0. The largest absolute Gasteiger partial charge is 0.350 e. The Balaban J connectivity index is 1.84. The van der Waals surface area contributed by atoms with Gasteiger partial charge in [0.2, 0.25) is 0 Å². The van der Waals surface area contributed by atoms with E-state index in [4.69, 9.17) is 4.52 Å². The number of pyridine rings is 1. The van der Waals surface area contributed by atoms with E-state index in [1.54, 1.807) is 18.3 Å². The fourth-order valence-electron chi connectivity index (χ4n) is 1.71. The van der Waals surface area contributed by atoms with Crippen LogP contribution in [-0.2, 0) is 0 Å². The maximum Gasteiger partial charge on any atom is 0.270 e. The lowest BCUT2D eigenvalue weighted by molar-refractivity contribution is 0.0947. The summed E-state index contributed by atoms with van der Waals surface area (Å²) < 4.78 is 4.97. The molecular formula is C12H12N4O2. The topological polar surface area (TPSA) is 80.9 Å². The van der Waals surface area contributed by atoms with Crippen molar-refractivity contribution in [1.29, 1.82) is 0 Å². The van der Waals surface area contributed by atoms with Gasteiger partial charge in [-0.1, -0.05) is 0 Å². The Morgan fingerprint density at radius 3 is 3.11 bits per heavy atom. The van der Waals surface area contributed by atoms with Crippen molar-refractivity contribution in [1.82, 2.24) is 20.7 Å². The first-order valence-corrected chi connectivity index (χ1v) is 5.85. The summed E-state index contributed by atoms with van der Waals surface area (Å²) in [5.74, 6) is 0.890. The molecule has 0 radical (unpaired) electrons. The number of nitrogens with one attached hydrogen (secondary N) is 1. The van der Waals surface area contributed by atoms with E-state index < -0.39 is 0 Å². The molecule has 2 heterocycles. The normalized spacial score (nSPS) is 14.4. The van der Waals surface area contributed by atoms with Crippen molar-refractivity contribution in [3.05, 3.63) is 30.2 Å². The summed E-state index contributed by atoms with van der Waals surface area (Å²) in [4.78, 5) is 16.1. The third kappa shape index (κ3) is 2.22. The van der Waals surface area contributed by atoms with E-state index >= 15 is 0 Å². The van der Waals surface area contributed by atoms with Crippen LogP contribution in [0.3, 0.4) is 0 Å². The van der Waals surface area contributed by atoms with Gasteiger partial charge in [-0.05, 0) is 30.9 Å². The van der Waals surface area contributed by atoms with Gasteiger partial charge in [-0.3, -0.25) is 9.78 Å². The highest BCUT2D eigenvalue weighted by Crippen LogP contribution is 2.28. The van der Waals surface area contributed by atoms with Crippen molar-refractivity contribution in [2.45, 2.75) is 12.8 Å². The highest BCUT2D eigenvalue weighted by atomic mass is 16.5. The number of nitrogens with zero attached hydrogens (tertiary/aromatic N) is 3. The summed E-state index contributed by atoms with van der Waals surface area (Å²) in [5, 5.41) is 9.89. The average Bonchev–Trinajstić information content (AvgIpc) is 3.08. The SMILES string of the molecule is O=C(NCC1CC1)c1ncccc1-c1cnno1. The predicted molar refractivity (Wildman–Crippen MR) is 62.6 cm³/mol. The lowest BCUT2D eigenvalue weighted by atomic mass is 10.1. The maximum atomic E-state index is 12.0. The van der Waals surface area contributed by atoms with E-state index in [1.807, 2.05) is 0 Å². The molecule has 1 aliphatic carbocycles. The van der Waals surface area contributed by atoms with Crippen LogP contribution in [0.5, 0.6) is 0 Å². The van der Waals surface area contributed by atoms with Gasteiger partial charge in [0.15, 0.2) is 5.76 Å². The Kier molecular flexibility index (Phi) is 2.76. The van der Waals surface area contributed by atoms with Crippen LogP contribution in [0, 0.1) is 5.92 Å². The number of carbonyl (C=O) groups is 1. The Bertz CT molecular complexity index is 549. The van der Waals surface area contributed by atoms with Gasteiger partial charge >= 0.3 is 0 Å². The van der Waals surface area contributed by atoms with Crippen LogP contribution in [0.25, 0.3) is 11.3 Å². The summed E-state index contributed by atoms with van der Waals surface area (Å²) in [6.45, 7) is 0.712. The molecule has 1 fully saturated rings. The quantitative estimate of drug-likeness (QED) is 0.875. The number of rotatable bonds is 4. The zero-order chi connectivity index (χ0) is 12.4. The van der Waals surface area contributed by atoms with Crippen LogP contribution in [0.2, 0.25) is 0 Å². The summed E-state index contributed by atoms with van der Waals surface area (Å²) in [6, 6.07) is 3.51. The molecule has 92 valence electrons. The molecule has 0 unspecified atom stereocenters. The molecule has 18 heavy (non-hydrogen) atoms. The van der Waals surface area contributed by atoms with Crippen molar-refractivity contribution in [2.24, 2.45) is 5.92 Å². The first kappa shape index (κ1) is 10.9. The number of amides is 1. The van der Waals surface area contributed by atoms with Crippen LogP contribution >= 0.6 is 0 Å². The fourth-order valence-corrected chi connectivity index (χ4v) is 1.71. The Morgan fingerprint density at radius 2 is 2.39 bits per heavy atom. The van der Waals surface area contributed by atoms with Crippen molar-refractivity contribution >= 4 is 5.91 Å². The monoisotopic (exact) mass is 244 g/mol. The third-order valence-electron chi connectivity index (χ3n) is 2.90. The molecule has 6 heteroatoms. The molecule has 0 saturated heterocycles. The number of carbonyl (C=O) groups excluding carboxylic acids is 1. The van der Waals surface area contributed by atoms with Crippen LogP contribution in [0.15, 0.2) is 29.0 Å². The molecule has 2 aromatic heterocycles. The summed E-state index contributed by atoms with van der Waals surface area (Å²) in [7, 11) is 0. The molecule has 1 saturated carbocycles. The van der Waals surface area contributed by atoms with Gasteiger partial charge in [0.25, 0.3) is 5.91 Å². The van der Waals surface area contributed by atoms with Crippen LogP contribution < -0.4 is 5.32 Å². The molecule has 1 N–H and O–H groups in total. The molecule has 0 aromatic carbocycles. The highest BCUT2D eigenvalue weighted by Gasteiger charge is 2.23. The van der Waals surface area contributed by atoms with Crippen molar-refractivity contribution in [2.75, 3.05) is 6.54 Å². The van der Waals surface area contributed by atoms with Gasteiger partial charge in [0, 0.05) is 18.0 Å².